The van der Waals surface area contributed by atoms with Gasteiger partial charge >= 0.3 is 0 Å². The lowest BCUT2D eigenvalue weighted by Crippen LogP contribution is -2.41. The van der Waals surface area contributed by atoms with Gasteiger partial charge in [0.25, 0.3) is 0 Å². The fourth-order valence-corrected chi connectivity index (χ4v) is 5.15. The summed E-state index contributed by atoms with van der Waals surface area (Å²) in [6.45, 7) is 5.76. The number of hydrogen-bond acceptors (Lipinski definition) is 3. The highest BCUT2D eigenvalue weighted by Gasteiger charge is 2.30. The smallest absolute Gasteiger partial charge is 0.244 e. The summed E-state index contributed by atoms with van der Waals surface area (Å²) in [5, 5.41) is 9.18. The van der Waals surface area contributed by atoms with Crippen molar-refractivity contribution in [3.05, 3.63) is 28.2 Å². The van der Waals surface area contributed by atoms with Crippen molar-refractivity contribution in [3.63, 3.8) is 0 Å². The third-order valence-corrected chi connectivity index (χ3v) is 6.27. The number of rotatable bonds is 7. The third kappa shape index (κ3) is 3.81. The Balaban J connectivity index is 3.28. The molecule has 1 N–H and O–H groups in total. The highest BCUT2D eigenvalue weighted by atomic mass is 79.9. The molecule has 4 nitrogen and oxygen atoms in total. The summed E-state index contributed by atoms with van der Waals surface area (Å²) in [5.41, 5.74) is 0.993. The van der Waals surface area contributed by atoms with Gasteiger partial charge in [-0.25, -0.2) is 8.42 Å². The van der Waals surface area contributed by atoms with Gasteiger partial charge in [-0.05, 0) is 53.4 Å². The minimum Gasteiger partial charge on any atom is -0.395 e. The quantitative estimate of drug-likeness (QED) is 0.809. The highest BCUT2D eigenvalue weighted by molar-refractivity contribution is 9.10. The molecule has 0 heterocycles. The summed E-state index contributed by atoms with van der Waals surface area (Å²) in [7, 11) is -3.61. The predicted octanol–water partition coefficient (Wildman–Crippen LogP) is 2.93. The summed E-state index contributed by atoms with van der Waals surface area (Å²) >= 11 is 3.33. The van der Waals surface area contributed by atoms with Gasteiger partial charge in [0.15, 0.2) is 0 Å². The number of benzene rings is 1. The van der Waals surface area contributed by atoms with Crippen molar-refractivity contribution in [1.29, 1.82) is 0 Å². The Hall–Kier alpha value is -0.430. The zero-order chi connectivity index (χ0) is 15.3. The van der Waals surface area contributed by atoms with Crippen LogP contribution in [0.15, 0.2) is 27.6 Å². The van der Waals surface area contributed by atoms with Crippen LogP contribution in [0, 0.1) is 6.92 Å². The van der Waals surface area contributed by atoms with Crippen LogP contribution in [-0.4, -0.2) is 37.0 Å². The van der Waals surface area contributed by atoms with Crippen LogP contribution < -0.4 is 0 Å². The second-order valence-corrected chi connectivity index (χ2v) is 7.46. The van der Waals surface area contributed by atoms with Crippen molar-refractivity contribution in [2.24, 2.45) is 0 Å². The van der Waals surface area contributed by atoms with E-state index in [2.05, 4.69) is 15.9 Å². The largest absolute Gasteiger partial charge is 0.395 e. The fourth-order valence-electron chi connectivity index (χ4n) is 2.23. The van der Waals surface area contributed by atoms with Crippen LogP contribution in [0.5, 0.6) is 0 Å². The van der Waals surface area contributed by atoms with Gasteiger partial charge in [0.2, 0.25) is 10.0 Å². The molecule has 0 aliphatic carbocycles. The van der Waals surface area contributed by atoms with Crippen LogP contribution in [0.3, 0.4) is 0 Å². The molecule has 1 rings (SSSR count). The topological polar surface area (TPSA) is 57.6 Å². The molecule has 6 heteroatoms. The van der Waals surface area contributed by atoms with Crippen molar-refractivity contribution in [2.75, 3.05) is 13.2 Å². The Bertz CT molecular complexity index is 541. The Labute approximate surface area is 130 Å². The molecule has 20 heavy (non-hydrogen) atoms. The maximum atomic E-state index is 12.8. The lowest BCUT2D eigenvalue weighted by Gasteiger charge is -2.29. The molecule has 0 radical (unpaired) electrons. The van der Waals surface area contributed by atoms with Gasteiger partial charge in [0, 0.05) is 17.1 Å². The first-order valence-electron chi connectivity index (χ1n) is 6.77. The van der Waals surface area contributed by atoms with Crippen LogP contribution in [0.2, 0.25) is 0 Å². The third-order valence-electron chi connectivity index (χ3n) is 3.34. The van der Waals surface area contributed by atoms with Crippen LogP contribution in [0.1, 0.15) is 32.3 Å². The van der Waals surface area contributed by atoms with Crippen molar-refractivity contribution in [3.8, 4) is 0 Å². The number of hydrogen-bond donors (Lipinski definition) is 1. The minimum atomic E-state index is -3.61. The first-order valence-corrected chi connectivity index (χ1v) is 9.00. The number of aliphatic hydroxyl groups excluding tert-OH is 1. The molecule has 0 saturated heterocycles. The molecule has 0 aromatic heterocycles. The lowest BCUT2D eigenvalue weighted by atomic mass is 10.2. The van der Waals surface area contributed by atoms with E-state index in [1.54, 1.807) is 18.2 Å². The van der Waals surface area contributed by atoms with Crippen molar-refractivity contribution in [2.45, 2.75) is 44.6 Å². The molecule has 1 aromatic rings. The number of sulfonamides is 1. The summed E-state index contributed by atoms with van der Waals surface area (Å²) in [6, 6.07) is 5.08. The van der Waals surface area contributed by atoms with E-state index in [1.165, 1.54) is 4.31 Å². The Kier molecular flexibility index (Phi) is 6.64. The number of nitrogens with zero attached hydrogens (tertiary/aromatic N) is 1. The number of aryl methyl sites for hydroxylation is 1. The molecule has 114 valence electrons. The second-order valence-electron chi connectivity index (χ2n) is 4.74. The van der Waals surface area contributed by atoms with Crippen molar-refractivity contribution >= 4 is 26.0 Å². The standard InChI is InChI=1S/C14H22BrNO3S/c1-4-12(5-2)16(8-9-17)20(18,19)14-7-6-11(3)10-13(14)15/h6-7,10,12,17H,4-5,8-9H2,1-3H3. The average Bonchev–Trinajstić information content (AvgIpc) is 2.38. The number of aliphatic hydroxyl groups is 1. The van der Waals surface area contributed by atoms with Gasteiger partial charge in [0.1, 0.15) is 0 Å². The molecule has 0 aliphatic heterocycles. The summed E-state index contributed by atoms with van der Waals surface area (Å²) in [5.74, 6) is 0. The highest BCUT2D eigenvalue weighted by Crippen LogP contribution is 2.28. The molecular weight excluding hydrogens is 342 g/mol. The van der Waals surface area contributed by atoms with E-state index in [1.807, 2.05) is 20.8 Å². The zero-order valence-corrected chi connectivity index (χ0v) is 14.5. The van der Waals surface area contributed by atoms with Crippen LogP contribution in [-0.2, 0) is 10.0 Å². The molecule has 0 spiro atoms. The molecule has 0 fully saturated rings. The van der Waals surface area contributed by atoms with E-state index in [0.717, 1.165) is 18.4 Å². The van der Waals surface area contributed by atoms with Gasteiger partial charge < -0.3 is 5.11 Å². The Morgan fingerprint density at radius 1 is 1.30 bits per heavy atom. The normalized spacial score (nSPS) is 12.3. The average molecular weight is 364 g/mol. The van der Waals surface area contributed by atoms with Crippen molar-refractivity contribution in [1.82, 2.24) is 4.31 Å². The zero-order valence-electron chi connectivity index (χ0n) is 12.1. The van der Waals surface area contributed by atoms with Crippen LogP contribution in [0.4, 0.5) is 0 Å². The molecular formula is C14H22BrNO3S. The monoisotopic (exact) mass is 363 g/mol. The molecule has 0 bridgehead atoms. The van der Waals surface area contributed by atoms with Gasteiger partial charge in [-0.15, -0.1) is 0 Å². The van der Waals surface area contributed by atoms with E-state index >= 15 is 0 Å². The molecule has 0 amide bonds. The second kappa shape index (κ2) is 7.54. The first-order chi connectivity index (χ1) is 9.38. The minimum absolute atomic E-state index is 0.0969. The SMILES string of the molecule is CCC(CC)N(CCO)S(=O)(=O)c1ccc(C)cc1Br. The predicted molar refractivity (Wildman–Crippen MR) is 84.2 cm³/mol. The van der Waals surface area contributed by atoms with Crippen LogP contribution >= 0.6 is 15.9 Å². The van der Waals surface area contributed by atoms with E-state index in [-0.39, 0.29) is 24.1 Å². The molecule has 0 unspecified atom stereocenters. The van der Waals surface area contributed by atoms with Gasteiger partial charge in [-0.3, -0.25) is 0 Å². The lowest BCUT2D eigenvalue weighted by molar-refractivity contribution is 0.219. The first kappa shape index (κ1) is 17.6. The molecule has 0 aliphatic rings. The van der Waals surface area contributed by atoms with Crippen molar-refractivity contribution < 1.29 is 13.5 Å². The van der Waals surface area contributed by atoms with E-state index < -0.39 is 10.0 Å². The molecule has 0 saturated carbocycles. The molecule has 0 atom stereocenters. The van der Waals surface area contributed by atoms with Crippen LogP contribution in [0.25, 0.3) is 0 Å². The van der Waals surface area contributed by atoms with E-state index in [0.29, 0.717) is 4.47 Å². The Morgan fingerprint density at radius 3 is 2.35 bits per heavy atom. The Morgan fingerprint density at radius 2 is 1.90 bits per heavy atom. The summed E-state index contributed by atoms with van der Waals surface area (Å²) < 4.78 is 27.6. The van der Waals surface area contributed by atoms with Gasteiger partial charge in [-0.1, -0.05) is 19.9 Å². The summed E-state index contributed by atoms with van der Waals surface area (Å²) in [6.07, 6.45) is 1.44. The van der Waals surface area contributed by atoms with Gasteiger partial charge in [0.05, 0.1) is 11.5 Å². The maximum absolute atomic E-state index is 12.8. The fraction of sp³-hybridized carbons (Fsp3) is 0.571. The molecule has 1 aromatic carbocycles. The van der Waals surface area contributed by atoms with E-state index in [9.17, 15) is 13.5 Å². The van der Waals surface area contributed by atoms with Gasteiger partial charge in [-0.2, -0.15) is 4.31 Å². The maximum Gasteiger partial charge on any atom is 0.244 e. The van der Waals surface area contributed by atoms with E-state index in [4.69, 9.17) is 0 Å². The number of halogens is 1. The summed E-state index contributed by atoms with van der Waals surface area (Å²) in [4.78, 5) is 0.253.